The maximum absolute atomic E-state index is 5.32. The van der Waals surface area contributed by atoms with Crippen molar-refractivity contribution in [1.82, 2.24) is 0 Å². The minimum atomic E-state index is 0.129. The second-order valence-electron chi connectivity index (χ2n) is 3.89. The van der Waals surface area contributed by atoms with Gasteiger partial charge in [-0.15, -0.1) is 0 Å². The van der Waals surface area contributed by atoms with Crippen LogP contribution in [0.5, 0.6) is 0 Å². The second kappa shape index (κ2) is 6.21. The standard InChI is InChI=1S/C14H19NO2/c1-6-8-11(12-9-17-12)14(10(3)4)15-13(7-2)16-5/h6-8,12H,1-2,9H2,3-5H3/b11-8-,15-13?. The Morgan fingerprint density at radius 2 is 2.06 bits per heavy atom. The van der Waals surface area contributed by atoms with Crippen LogP contribution in [0.4, 0.5) is 0 Å². The van der Waals surface area contributed by atoms with Crippen LogP contribution in [-0.4, -0.2) is 25.7 Å². The van der Waals surface area contributed by atoms with E-state index in [1.54, 1.807) is 19.3 Å². The summed E-state index contributed by atoms with van der Waals surface area (Å²) in [4.78, 5) is 4.45. The average molecular weight is 233 g/mol. The molecule has 0 N–H and O–H groups in total. The SMILES string of the molecule is C=C/C=C(\C(N=C(C=C)OC)=C(C)C)C1CO1. The molecule has 0 aromatic carbocycles. The molecule has 0 aromatic heterocycles. The third kappa shape index (κ3) is 3.71. The summed E-state index contributed by atoms with van der Waals surface area (Å²) in [5, 5.41) is 0. The van der Waals surface area contributed by atoms with E-state index in [-0.39, 0.29) is 6.10 Å². The Hall–Kier alpha value is -1.61. The number of rotatable bonds is 5. The number of ether oxygens (including phenoxy) is 2. The van der Waals surface area contributed by atoms with E-state index in [0.29, 0.717) is 5.90 Å². The fourth-order valence-corrected chi connectivity index (χ4v) is 1.44. The Kier molecular flexibility index (Phi) is 4.91. The smallest absolute Gasteiger partial charge is 0.212 e. The molecule has 1 aliphatic rings. The zero-order valence-electron chi connectivity index (χ0n) is 10.7. The number of epoxide rings is 1. The van der Waals surface area contributed by atoms with Gasteiger partial charge < -0.3 is 9.47 Å². The van der Waals surface area contributed by atoms with E-state index < -0.39 is 0 Å². The molecule has 92 valence electrons. The molecular formula is C14H19NO2. The number of hydrogen-bond acceptors (Lipinski definition) is 3. The number of nitrogens with zero attached hydrogens (tertiary/aromatic N) is 1. The van der Waals surface area contributed by atoms with Crippen molar-refractivity contribution in [3.63, 3.8) is 0 Å². The summed E-state index contributed by atoms with van der Waals surface area (Å²) in [6, 6.07) is 0. The molecule has 1 fully saturated rings. The molecule has 1 atom stereocenters. The zero-order valence-corrected chi connectivity index (χ0v) is 10.7. The maximum atomic E-state index is 5.32. The molecule has 17 heavy (non-hydrogen) atoms. The van der Waals surface area contributed by atoms with Gasteiger partial charge in [0.05, 0.1) is 19.4 Å². The highest BCUT2D eigenvalue weighted by Gasteiger charge is 2.29. The zero-order chi connectivity index (χ0) is 12.8. The topological polar surface area (TPSA) is 34.1 Å². The summed E-state index contributed by atoms with van der Waals surface area (Å²) in [6.07, 6.45) is 5.39. The van der Waals surface area contributed by atoms with Crippen LogP contribution >= 0.6 is 0 Å². The Labute approximate surface area is 103 Å². The first-order valence-corrected chi connectivity index (χ1v) is 5.51. The maximum Gasteiger partial charge on any atom is 0.212 e. The summed E-state index contributed by atoms with van der Waals surface area (Å²) in [6.45, 7) is 12.1. The van der Waals surface area contributed by atoms with Crippen molar-refractivity contribution < 1.29 is 9.47 Å². The van der Waals surface area contributed by atoms with Crippen LogP contribution < -0.4 is 0 Å². The molecule has 0 spiro atoms. The summed E-state index contributed by atoms with van der Waals surface area (Å²) in [7, 11) is 1.58. The van der Waals surface area contributed by atoms with E-state index >= 15 is 0 Å². The van der Waals surface area contributed by atoms with Crippen LogP contribution in [0.2, 0.25) is 0 Å². The van der Waals surface area contributed by atoms with Crippen molar-refractivity contribution >= 4 is 5.90 Å². The van der Waals surface area contributed by atoms with Gasteiger partial charge in [0, 0.05) is 5.57 Å². The first-order valence-electron chi connectivity index (χ1n) is 5.51. The van der Waals surface area contributed by atoms with Crippen LogP contribution in [-0.2, 0) is 9.47 Å². The van der Waals surface area contributed by atoms with Crippen molar-refractivity contribution in [3.8, 4) is 0 Å². The largest absolute Gasteiger partial charge is 0.481 e. The highest BCUT2D eigenvalue weighted by Crippen LogP contribution is 2.29. The Bertz CT molecular complexity index is 394. The second-order valence-corrected chi connectivity index (χ2v) is 3.89. The van der Waals surface area contributed by atoms with Crippen molar-refractivity contribution in [3.05, 3.63) is 48.2 Å². The van der Waals surface area contributed by atoms with Crippen molar-refractivity contribution in [2.24, 2.45) is 4.99 Å². The lowest BCUT2D eigenvalue weighted by Gasteiger charge is -2.09. The van der Waals surface area contributed by atoms with Crippen LogP contribution in [0.3, 0.4) is 0 Å². The highest BCUT2D eigenvalue weighted by atomic mass is 16.6. The Morgan fingerprint density at radius 3 is 2.41 bits per heavy atom. The van der Waals surface area contributed by atoms with Gasteiger partial charge in [-0.05, 0) is 19.9 Å². The molecule has 0 aliphatic carbocycles. The molecule has 1 heterocycles. The lowest BCUT2D eigenvalue weighted by Crippen LogP contribution is -2.03. The van der Waals surface area contributed by atoms with Crippen LogP contribution in [0.25, 0.3) is 0 Å². The predicted octanol–water partition coefficient (Wildman–Crippen LogP) is 3.02. The monoisotopic (exact) mass is 233 g/mol. The van der Waals surface area contributed by atoms with Crippen LogP contribution in [0.15, 0.2) is 53.2 Å². The van der Waals surface area contributed by atoms with Crippen molar-refractivity contribution in [1.29, 1.82) is 0 Å². The van der Waals surface area contributed by atoms with Gasteiger partial charge in [-0.25, -0.2) is 4.99 Å². The Morgan fingerprint density at radius 1 is 1.41 bits per heavy atom. The van der Waals surface area contributed by atoms with Crippen LogP contribution in [0, 0.1) is 0 Å². The van der Waals surface area contributed by atoms with E-state index in [4.69, 9.17) is 9.47 Å². The molecule has 0 bridgehead atoms. The number of aliphatic imine (C=N–C) groups is 1. The molecule has 1 unspecified atom stereocenters. The van der Waals surface area contributed by atoms with Gasteiger partial charge in [0.15, 0.2) is 0 Å². The summed E-state index contributed by atoms with van der Waals surface area (Å²) in [5.41, 5.74) is 3.02. The molecule has 1 saturated heterocycles. The van der Waals surface area contributed by atoms with Crippen molar-refractivity contribution in [2.45, 2.75) is 20.0 Å². The first-order chi connectivity index (χ1) is 8.13. The molecule has 0 amide bonds. The highest BCUT2D eigenvalue weighted by molar-refractivity contribution is 5.88. The normalized spacial score (nSPS) is 19.6. The lowest BCUT2D eigenvalue weighted by atomic mass is 10.1. The fraction of sp³-hybridized carbons (Fsp3) is 0.357. The minimum Gasteiger partial charge on any atom is -0.481 e. The summed E-state index contributed by atoms with van der Waals surface area (Å²) in [5.74, 6) is 0.497. The predicted molar refractivity (Wildman–Crippen MR) is 71.0 cm³/mol. The van der Waals surface area contributed by atoms with Gasteiger partial charge in [-0.1, -0.05) is 30.9 Å². The summed E-state index contributed by atoms with van der Waals surface area (Å²) >= 11 is 0. The van der Waals surface area contributed by atoms with E-state index in [9.17, 15) is 0 Å². The third-order valence-electron chi connectivity index (χ3n) is 2.33. The first kappa shape index (κ1) is 13.5. The van der Waals surface area contributed by atoms with Gasteiger partial charge in [0.1, 0.15) is 6.10 Å². The lowest BCUT2D eigenvalue weighted by molar-refractivity contribution is 0.406. The number of allylic oxidation sites excluding steroid dienone is 3. The van der Waals surface area contributed by atoms with E-state index in [1.165, 1.54) is 0 Å². The summed E-state index contributed by atoms with van der Waals surface area (Å²) < 4.78 is 10.4. The quantitative estimate of drug-likeness (QED) is 0.316. The Balaban J connectivity index is 3.13. The molecule has 0 radical (unpaired) electrons. The van der Waals surface area contributed by atoms with Gasteiger partial charge in [0.25, 0.3) is 0 Å². The molecule has 3 heteroatoms. The van der Waals surface area contributed by atoms with Gasteiger partial charge >= 0.3 is 0 Å². The molecule has 3 nitrogen and oxygen atoms in total. The third-order valence-corrected chi connectivity index (χ3v) is 2.33. The molecule has 0 saturated carbocycles. The average Bonchev–Trinajstić information content (AvgIpc) is 3.12. The van der Waals surface area contributed by atoms with E-state index in [2.05, 4.69) is 18.2 Å². The van der Waals surface area contributed by atoms with Gasteiger partial charge in [0.2, 0.25) is 5.90 Å². The van der Waals surface area contributed by atoms with Crippen molar-refractivity contribution in [2.75, 3.05) is 13.7 Å². The fourth-order valence-electron chi connectivity index (χ4n) is 1.44. The van der Waals surface area contributed by atoms with Crippen LogP contribution in [0.1, 0.15) is 13.8 Å². The number of hydrogen-bond donors (Lipinski definition) is 0. The van der Waals surface area contributed by atoms with E-state index in [0.717, 1.165) is 23.5 Å². The minimum absolute atomic E-state index is 0.129. The number of methoxy groups -OCH3 is 1. The van der Waals surface area contributed by atoms with E-state index in [1.807, 2.05) is 19.9 Å². The molecule has 1 rings (SSSR count). The van der Waals surface area contributed by atoms with Gasteiger partial charge in [-0.3, -0.25) is 0 Å². The molecule has 1 aliphatic heterocycles. The van der Waals surface area contributed by atoms with Gasteiger partial charge in [-0.2, -0.15) is 0 Å². The molecule has 0 aromatic rings. The molecular weight excluding hydrogens is 214 g/mol.